The Labute approximate surface area is 174 Å². The van der Waals surface area contributed by atoms with E-state index in [1.807, 2.05) is 56.3 Å². The molecule has 0 aliphatic heterocycles. The van der Waals surface area contributed by atoms with Crippen LogP contribution in [0.1, 0.15) is 38.3 Å². The quantitative estimate of drug-likeness (QED) is 0.567. The summed E-state index contributed by atoms with van der Waals surface area (Å²) in [6.07, 6.45) is 0. The number of aryl methyl sites for hydroxylation is 3. The second-order valence-corrected chi connectivity index (χ2v) is 7.56. The van der Waals surface area contributed by atoms with Crippen molar-refractivity contribution in [2.75, 3.05) is 4.90 Å². The van der Waals surface area contributed by atoms with E-state index in [1.165, 1.54) is 9.42 Å². The molecule has 1 N–H and O–H groups in total. The predicted molar refractivity (Wildman–Crippen MR) is 116 cm³/mol. The fourth-order valence-corrected chi connectivity index (χ4v) is 3.27. The predicted octanol–water partition coefficient (Wildman–Crippen LogP) is 3.50. The first-order valence-electron chi connectivity index (χ1n) is 9.73. The fourth-order valence-electron chi connectivity index (χ4n) is 3.27. The Morgan fingerprint density at radius 2 is 1.73 bits per heavy atom. The van der Waals surface area contributed by atoms with E-state index < -0.39 is 0 Å². The number of benzene rings is 2. The van der Waals surface area contributed by atoms with Crippen molar-refractivity contribution in [1.82, 2.24) is 19.6 Å². The molecule has 0 bridgehead atoms. The molecule has 7 heteroatoms. The first kappa shape index (κ1) is 19.6. The summed E-state index contributed by atoms with van der Waals surface area (Å²) in [6, 6.07) is 15.4. The number of rotatable bonds is 4. The number of aromatic amines is 1. The van der Waals surface area contributed by atoms with Gasteiger partial charge in [0.1, 0.15) is 0 Å². The van der Waals surface area contributed by atoms with Crippen LogP contribution >= 0.6 is 0 Å². The number of hydrogen-bond acceptors (Lipinski definition) is 4. The minimum absolute atomic E-state index is 0.208. The third-order valence-corrected chi connectivity index (χ3v) is 5.18. The number of anilines is 1. The molecular weight excluding hydrogens is 378 g/mol. The lowest BCUT2D eigenvalue weighted by Gasteiger charge is -2.20. The molecule has 1 amide bonds. The maximum absolute atomic E-state index is 13.4. The standard InChI is InChI=1S/C23H23N5O2/c1-14-8-10-18(11-9-14)13-27(21(30)19-7-5-6-15(2)12-19)23-25-22-24-17(4)16(3)20(29)28(22)26-23/h5-12H,13H2,1-4H3,(H,24,25,26). The van der Waals surface area contributed by atoms with E-state index in [9.17, 15) is 9.59 Å². The van der Waals surface area contributed by atoms with Gasteiger partial charge >= 0.3 is 0 Å². The molecule has 4 aromatic rings. The molecule has 2 aromatic carbocycles. The molecule has 4 rings (SSSR count). The smallest absolute Gasteiger partial charge is 0.272 e. The van der Waals surface area contributed by atoms with Crippen molar-refractivity contribution in [2.24, 2.45) is 0 Å². The normalized spacial score (nSPS) is 11.1. The second kappa shape index (κ2) is 7.59. The highest BCUT2D eigenvalue weighted by atomic mass is 16.2. The summed E-state index contributed by atoms with van der Waals surface area (Å²) in [4.78, 5) is 36.4. The van der Waals surface area contributed by atoms with Crippen LogP contribution in [0, 0.1) is 27.7 Å². The van der Waals surface area contributed by atoms with Crippen molar-refractivity contribution >= 4 is 17.6 Å². The van der Waals surface area contributed by atoms with Crippen LogP contribution in [0.25, 0.3) is 5.78 Å². The zero-order valence-electron chi connectivity index (χ0n) is 17.4. The fraction of sp³-hybridized carbons (Fsp3) is 0.217. The van der Waals surface area contributed by atoms with E-state index in [0.29, 0.717) is 23.4 Å². The van der Waals surface area contributed by atoms with Crippen molar-refractivity contribution in [3.05, 3.63) is 92.4 Å². The van der Waals surface area contributed by atoms with Crippen LogP contribution < -0.4 is 10.5 Å². The number of amides is 1. The molecule has 0 saturated heterocycles. The summed E-state index contributed by atoms with van der Waals surface area (Å²) in [7, 11) is 0. The molecule has 0 spiro atoms. The highest BCUT2D eigenvalue weighted by Gasteiger charge is 2.23. The molecule has 2 aromatic heterocycles. The average molecular weight is 401 g/mol. The number of hydrogen-bond donors (Lipinski definition) is 1. The van der Waals surface area contributed by atoms with E-state index in [1.54, 1.807) is 19.9 Å². The molecule has 30 heavy (non-hydrogen) atoms. The molecule has 7 nitrogen and oxygen atoms in total. The Balaban J connectivity index is 1.83. The number of nitrogens with zero attached hydrogens (tertiary/aromatic N) is 4. The third-order valence-electron chi connectivity index (χ3n) is 5.18. The number of fused-ring (bicyclic) bond motifs is 1. The maximum Gasteiger partial charge on any atom is 0.277 e. The van der Waals surface area contributed by atoms with Crippen LogP contribution in [0.2, 0.25) is 0 Å². The van der Waals surface area contributed by atoms with Crippen molar-refractivity contribution < 1.29 is 4.79 Å². The highest BCUT2D eigenvalue weighted by molar-refractivity contribution is 6.05. The van der Waals surface area contributed by atoms with Gasteiger partial charge in [-0.1, -0.05) is 47.5 Å². The summed E-state index contributed by atoms with van der Waals surface area (Å²) >= 11 is 0. The van der Waals surface area contributed by atoms with E-state index >= 15 is 0 Å². The van der Waals surface area contributed by atoms with Crippen LogP contribution in [-0.2, 0) is 6.54 Å². The Hall–Kier alpha value is -3.74. The summed E-state index contributed by atoms with van der Waals surface area (Å²) in [5, 5.41) is 2.96. The van der Waals surface area contributed by atoms with Gasteiger partial charge in [-0.15, -0.1) is 0 Å². The van der Waals surface area contributed by atoms with Crippen LogP contribution in [0.4, 0.5) is 5.95 Å². The van der Waals surface area contributed by atoms with Crippen molar-refractivity contribution in [3.8, 4) is 0 Å². The molecule has 0 aliphatic rings. The van der Waals surface area contributed by atoms with Gasteiger partial charge in [-0.3, -0.25) is 19.6 Å². The molecule has 0 unspecified atom stereocenters. The van der Waals surface area contributed by atoms with Gasteiger partial charge in [0.25, 0.3) is 17.2 Å². The minimum Gasteiger partial charge on any atom is -0.272 e. The number of carbonyl (C=O) groups excluding carboxylic acids is 1. The SMILES string of the molecule is Cc1ccc(CN(C(=O)c2cccc(C)c2)c2nc3nc(C)c(C)c(=O)n3[nH]2)cc1. The van der Waals surface area contributed by atoms with E-state index in [2.05, 4.69) is 15.1 Å². The van der Waals surface area contributed by atoms with Gasteiger partial charge in [0.05, 0.1) is 6.54 Å². The first-order chi connectivity index (χ1) is 14.3. The van der Waals surface area contributed by atoms with Crippen LogP contribution in [0.3, 0.4) is 0 Å². The van der Waals surface area contributed by atoms with Crippen LogP contribution in [-0.4, -0.2) is 25.5 Å². The Morgan fingerprint density at radius 3 is 2.43 bits per heavy atom. The Bertz CT molecular complexity index is 1300. The van der Waals surface area contributed by atoms with E-state index in [4.69, 9.17) is 0 Å². The van der Waals surface area contributed by atoms with Gasteiger partial charge in [-0.2, -0.15) is 9.50 Å². The van der Waals surface area contributed by atoms with Gasteiger partial charge < -0.3 is 0 Å². The van der Waals surface area contributed by atoms with Gasteiger partial charge in [0, 0.05) is 16.8 Å². The number of aromatic nitrogens is 4. The van der Waals surface area contributed by atoms with Gasteiger partial charge in [0.15, 0.2) is 0 Å². The molecule has 0 radical (unpaired) electrons. The average Bonchev–Trinajstić information content (AvgIpc) is 3.15. The van der Waals surface area contributed by atoms with Gasteiger partial charge in [-0.05, 0) is 45.4 Å². The zero-order valence-corrected chi connectivity index (χ0v) is 17.4. The molecular formula is C23H23N5O2. The Morgan fingerprint density at radius 1 is 1.00 bits per heavy atom. The van der Waals surface area contributed by atoms with Crippen molar-refractivity contribution in [1.29, 1.82) is 0 Å². The lowest BCUT2D eigenvalue weighted by Crippen LogP contribution is -2.31. The largest absolute Gasteiger partial charge is 0.277 e. The summed E-state index contributed by atoms with van der Waals surface area (Å²) in [5.74, 6) is 0.306. The number of H-pyrrole nitrogens is 1. The van der Waals surface area contributed by atoms with Crippen molar-refractivity contribution in [3.63, 3.8) is 0 Å². The monoisotopic (exact) mass is 401 g/mol. The molecule has 0 fully saturated rings. The highest BCUT2D eigenvalue weighted by Crippen LogP contribution is 2.18. The van der Waals surface area contributed by atoms with E-state index in [0.717, 1.165) is 16.7 Å². The molecule has 0 atom stereocenters. The lowest BCUT2D eigenvalue weighted by atomic mass is 10.1. The molecule has 0 saturated carbocycles. The van der Waals surface area contributed by atoms with Crippen molar-refractivity contribution in [2.45, 2.75) is 34.2 Å². The molecule has 152 valence electrons. The number of carbonyl (C=O) groups is 1. The summed E-state index contributed by atoms with van der Waals surface area (Å²) in [6.45, 7) is 7.75. The minimum atomic E-state index is -0.227. The third kappa shape index (κ3) is 3.61. The first-order valence-corrected chi connectivity index (χ1v) is 9.73. The lowest BCUT2D eigenvalue weighted by molar-refractivity contribution is 0.0983. The van der Waals surface area contributed by atoms with Gasteiger partial charge in [0.2, 0.25) is 5.95 Å². The van der Waals surface area contributed by atoms with Crippen LogP contribution in [0.15, 0.2) is 53.3 Å². The maximum atomic E-state index is 13.4. The van der Waals surface area contributed by atoms with Crippen LogP contribution in [0.5, 0.6) is 0 Å². The molecule has 0 aliphatic carbocycles. The van der Waals surface area contributed by atoms with Gasteiger partial charge in [-0.25, -0.2) is 4.98 Å². The van der Waals surface area contributed by atoms with E-state index in [-0.39, 0.29) is 23.2 Å². The topological polar surface area (TPSA) is 83.4 Å². The summed E-state index contributed by atoms with van der Waals surface area (Å²) in [5.41, 5.74) is 4.57. The number of nitrogens with one attached hydrogen (secondary N) is 1. The summed E-state index contributed by atoms with van der Waals surface area (Å²) < 4.78 is 1.28. The second-order valence-electron chi connectivity index (χ2n) is 7.56. The molecule has 2 heterocycles. The Kier molecular flexibility index (Phi) is 4.95. The zero-order chi connectivity index (χ0) is 21.4.